The molecule has 0 amide bonds. The minimum atomic E-state index is 0.191. The van der Waals surface area contributed by atoms with E-state index in [0.717, 1.165) is 34.3 Å². The molecule has 1 aromatic carbocycles. The Morgan fingerprint density at radius 1 is 1.26 bits per heavy atom. The first-order valence-corrected chi connectivity index (χ1v) is 10.0. The molecule has 3 heterocycles. The summed E-state index contributed by atoms with van der Waals surface area (Å²) in [5.41, 5.74) is 3.06. The Morgan fingerprint density at radius 3 is 3.07 bits per heavy atom. The molecule has 0 aliphatic heterocycles. The molecule has 1 aliphatic carbocycles. The van der Waals surface area contributed by atoms with Gasteiger partial charge in [-0.25, -0.2) is 14.5 Å². The van der Waals surface area contributed by atoms with Crippen molar-refractivity contribution in [2.24, 2.45) is 5.16 Å². The fraction of sp³-hybridized carbons (Fsp3) is 0.263. The summed E-state index contributed by atoms with van der Waals surface area (Å²) in [6, 6.07) is 7.46. The molecule has 0 radical (unpaired) electrons. The second-order valence-electron chi connectivity index (χ2n) is 6.46. The highest BCUT2D eigenvalue weighted by Gasteiger charge is 2.20. The molecule has 136 valence electrons. The van der Waals surface area contributed by atoms with Crippen LogP contribution in [-0.2, 0) is 24.3 Å². The summed E-state index contributed by atoms with van der Waals surface area (Å²) in [6.07, 6.45) is 8.03. The van der Waals surface area contributed by atoms with Gasteiger partial charge in [-0.2, -0.15) is 0 Å². The Morgan fingerprint density at radius 2 is 2.15 bits per heavy atom. The van der Waals surface area contributed by atoms with Crippen molar-refractivity contribution in [2.45, 2.75) is 32.3 Å². The first-order valence-electron chi connectivity index (χ1n) is 8.84. The maximum Gasteiger partial charge on any atom is 0.192 e. The molecule has 0 spiro atoms. The maximum absolute atomic E-state index is 6.10. The fourth-order valence-electron chi connectivity index (χ4n) is 3.43. The van der Waals surface area contributed by atoms with Gasteiger partial charge in [-0.15, -0.1) is 16.4 Å². The molecule has 5 rings (SSSR count). The number of benzene rings is 1. The van der Waals surface area contributed by atoms with Crippen molar-refractivity contribution in [3.8, 4) is 0 Å². The van der Waals surface area contributed by atoms with Crippen molar-refractivity contribution in [3.63, 3.8) is 0 Å². The molecule has 0 saturated heterocycles. The summed E-state index contributed by atoms with van der Waals surface area (Å²) in [5, 5.41) is 10.2. The molecule has 0 atom stereocenters. The number of hydrogen-bond acceptors (Lipinski definition) is 6. The van der Waals surface area contributed by atoms with Crippen molar-refractivity contribution in [3.05, 3.63) is 57.4 Å². The lowest BCUT2D eigenvalue weighted by Gasteiger charge is -2.09. The van der Waals surface area contributed by atoms with E-state index in [4.69, 9.17) is 16.4 Å². The number of aromatic nitrogens is 4. The van der Waals surface area contributed by atoms with Gasteiger partial charge in [-0.3, -0.25) is 0 Å². The van der Waals surface area contributed by atoms with Crippen LogP contribution in [0.2, 0.25) is 5.02 Å². The molecule has 0 fully saturated rings. The number of fused-ring (bicyclic) bond motifs is 5. The van der Waals surface area contributed by atoms with Crippen molar-refractivity contribution < 1.29 is 4.84 Å². The van der Waals surface area contributed by atoms with Gasteiger partial charge in [0.2, 0.25) is 0 Å². The smallest absolute Gasteiger partial charge is 0.192 e. The van der Waals surface area contributed by atoms with E-state index in [1.165, 1.54) is 23.3 Å². The summed E-state index contributed by atoms with van der Waals surface area (Å²) in [6.45, 7) is 0.191. The zero-order chi connectivity index (χ0) is 18.2. The van der Waals surface area contributed by atoms with Gasteiger partial charge in [0, 0.05) is 15.5 Å². The average molecular weight is 398 g/mol. The largest absolute Gasteiger partial charge is 0.387 e. The Kier molecular flexibility index (Phi) is 4.26. The van der Waals surface area contributed by atoms with E-state index in [0.29, 0.717) is 10.8 Å². The first-order chi connectivity index (χ1) is 13.3. The number of rotatable bonds is 4. The Labute approximate surface area is 164 Å². The Bertz CT molecular complexity index is 1170. The molecule has 4 aromatic rings. The van der Waals surface area contributed by atoms with E-state index in [2.05, 4.69) is 20.2 Å². The lowest BCUT2D eigenvalue weighted by atomic mass is 9.97. The molecule has 0 bridgehead atoms. The minimum Gasteiger partial charge on any atom is -0.387 e. The summed E-state index contributed by atoms with van der Waals surface area (Å²) in [5.74, 6) is 0.580. The van der Waals surface area contributed by atoms with Crippen molar-refractivity contribution in [1.29, 1.82) is 0 Å². The van der Waals surface area contributed by atoms with E-state index in [-0.39, 0.29) is 6.61 Å². The number of halogens is 1. The van der Waals surface area contributed by atoms with Crippen LogP contribution in [0.3, 0.4) is 0 Å². The summed E-state index contributed by atoms with van der Waals surface area (Å²) in [4.78, 5) is 17.1. The normalized spacial score (nSPS) is 14.3. The van der Waals surface area contributed by atoms with Crippen LogP contribution < -0.4 is 0 Å². The SMILES string of the molecule is Clc1ccccc1C=NOCc1nc2c3c4c(sc3ncn2n1)CCCC4. The molecule has 6 nitrogen and oxygen atoms in total. The van der Waals surface area contributed by atoms with Gasteiger partial charge in [0.1, 0.15) is 11.2 Å². The number of thiophene rings is 1. The summed E-state index contributed by atoms with van der Waals surface area (Å²) in [7, 11) is 0. The van der Waals surface area contributed by atoms with Crippen molar-refractivity contribution in [2.75, 3.05) is 0 Å². The first kappa shape index (κ1) is 16.6. The third-order valence-electron chi connectivity index (χ3n) is 4.70. The van der Waals surface area contributed by atoms with Crippen LogP contribution >= 0.6 is 22.9 Å². The van der Waals surface area contributed by atoms with Crippen LogP contribution in [0.15, 0.2) is 35.7 Å². The highest BCUT2D eigenvalue weighted by Crippen LogP contribution is 2.36. The van der Waals surface area contributed by atoms with Crippen LogP contribution in [0.4, 0.5) is 0 Å². The lowest BCUT2D eigenvalue weighted by Crippen LogP contribution is -1.99. The molecular formula is C19H16ClN5OS. The monoisotopic (exact) mass is 397 g/mol. The zero-order valence-electron chi connectivity index (χ0n) is 14.4. The molecule has 3 aromatic heterocycles. The Hall–Kier alpha value is -2.51. The average Bonchev–Trinajstić information content (AvgIpc) is 3.26. The molecule has 27 heavy (non-hydrogen) atoms. The quantitative estimate of drug-likeness (QED) is 0.377. The van der Waals surface area contributed by atoms with Crippen LogP contribution in [0.5, 0.6) is 0 Å². The van der Waals surface area contributed by atoms with Gasteiger partial charge in [0.15, 0.2) is 18.1 Å². The number of hydrogen-bond donors (Lipinski definition) is 0. The van der Waals surface area contributed by atoms with Crippen LogP contribution in [0.1, 0.15) is 34.7 Å². The van der Waals surface area contributed by atoms with Gasteiger partial charge in [-0.1, -0.05) is 35.0 Å². The predicted octanol–water partition coefficient (Wildman–Crippen LogP) is 4.42. The van der Waals surface area contributed by atoms with Gasteiger partial charge < -0.3 is 4.84 Å². The van der Waals surface area contributed by atoms with Crippen LogP contribution in [-0.4, -0.2) is 25.8 Å². The summed E-state index contributed by atoms with van der Waals surface area (Å²) >= 11 is 7.88. The number of nitrogens with zero attached hydrogens (tertiary/aromatic N) is 5. The number of oxime groups is 1. The third kappa shape index (κ3) is 3.07. The van der Waals surface area contributed by atoms with E-state index in [1.54, 1.807) is 28.4 Å². The Balaban J connectivity index is 1.41. The summed E-state index contributed by atoms with van der Waals surface area (Å²) < 4.78 is 1.74. The fourth-order valence-corrected chi connectivity index (χ4v) is 4.84. The van der Waals surface area contributed by atoms with Crippen molar-refractivity contribution >= 4 is 45.0 Å². The minimum absolute atomic E-state index is 0.191. The van der Waals surface area contributed by atoms with E-state index < -0.39 is 0 Å². The zero-order valence-corrected chi connectivity index (χ0v) is 16.0. The van der Waals surface area contributed by atoms with Gasteiger partial charge in [-0.05, 0) is 37.3 Å². The molecule has 1 aliphatic rings. The molecular weight excluding hydrogens is 382 g/mol. The highest BCUT2D eigenvalue weighted by atomic mass is 35.5. The molecule has 0 saturated carbocycles. The standard InChI is InChI=1S/C19H16ClN5OS/c20-14-7-3-1-5-12(14)9-22-26-10-16-23-18-17-13-6-2-4-8-15(13)27-19(17)21-11-25(18)24-16/h1,3,5,7,9,11H,2,4,6,8,10H2. The van der Waals surface area contributed by atoms with Crippen LogP contribution in [0, 0.1) is 0 Å². The van der Waals surface area contributed by atoms with Crippen LogP contribution in [0.25, 0.3) is 15.9 Å². The van der Waals surface area contributed by atoms with E-state index in [1.807, 2.05) is 24.3 Å². The molecule has 0 N–H and O–H groups in total. The molecule has 8 heteroatoms. The van der Waals surface area contributed by atoms with Gasteiger partial charge in [0.25, 0.3) is 0 Å². The van der Waals surface area contributed by atoms with E-state index >= 15 is 0 Å². The topological polar surface area (TPSA) is 64.7 Å². The molecule has 0 unspecified atom stereocenters. The van der Waals surface area contributed by atoms with Gasteiger partial charge >= 0.3 is 0 Å². The predicted molar refractivity (Wildman–Crippen MR) is 107 cm³/mol. The van der Waals surface area contributed by atoms with E-state index in [9.17, 15) is 0 Å². The lowest BCUT2D eigenvalue weighted by molar-refractivity contribution is 0.126. The second-order valence-corrected chi connectivity index (χ2v) is 7.95. The third-order valence-corrected chi connectivity index (χ3v) is 6.25. The number of aryl methyl sites for hydroxylation is 2. The van der Waals surface area contributed by atoms with Gasteiger partial charge in [0.05, 0.1) is 11.6 Å². The maximum atomic E-state index is 6.10. The second kappa shape index (κ2) is 6.90. The van der Waals surface area contributed by atoms with Crippen molar-refractivity contribution in [1.82, 2.24) is 19.6 Å². The highest BCUT2D eigenvalue weighted by molar-refractivity contribution is 7.19.